The van der Waals surface area contributed by atoms with Crippen LogP contribution in [0.4, 0.5) is 14.5 Å². The van der Waals surface area contributed by atoms with Crippen molar-refractivity contribution in [3.8, 4) is 5.69 Å². The summed E-state index contributed by atoms with van der Waals surface area (Å²) in [6, 6.07) is 8.59. The van der Waals surface area contributed by atoms with Crippen LogP contribution < -0.4 is 21.3 Å². The number of carboxylic acid groups (broad SMARTS) is 1. The summed E-state index contributed by atoms with van der Waals surface area (Å²) < 4.78 is 59.4. The van der Waals surface area contributed by atoms with Gasteiger partial charge in [0.1, 0.15) is 33.8 Å². The molecule has 0 fully saturated rings. The first-order valence-electron chi connectivity index (χ1n) is 13.6. The molecule has 0 unspecified atom stereocenters. The van der Waals surface area contributed by atoms with Gasteiger partial charge < -0.3 is 15.0 Å². The van der Waals surface area contributed by atoms with Gasteiger partial charge in [-0.2, -0.15) is 0 Å². The van der Waals surface area contributed by atoms with Gasteiger partial charge in [0.15, 0.2) is 5.78 Å². The van der Waals surface area contributed by atoms with E-state index >= 15 is 0 Å². The summed E-state index contributed by atoms with van der Waals surface area (Å²) in [6.45, 7) is 1.79. The van der Waals surface area contributed by atoms with E-state index in [1.807, 2.05) is 4.72 Å². The van der Waals surface area contributed by atoms with Gasteiger partial charge >= 0.3 is 11.7 Å². The van der Waals surface area contributed by atoms with Crippen molar-refractivity contribution in [1.29, 1.82) is 0 Å². The number of pyridine rings is 1. The van der Waals surface area contributed by atoms with Crippen LogP contribution in [0.1, 0.15) is 46.2 Å². The molecule has 0 aliphatic heterocycles. The van der Waals surface area contributed by atoms with E-state index in [9.17, 15) is 46.3 Å². The average molecular weight is 656 g/mol. The van der Waals surface area contributed by atoms with Gasteiger partial charge in [-0.25, -0.2) is 31.4 Å². The van der Waals surface area contributed by atoms with Crippen LogP contribution in [0, 0.1) is 11.6 Å². The molecule has 2 aromatic heterocycles. The lowest BCUT2D eigenvalue weighted by atomic mass is 10.0. The molecular weight excluding hydrogens is 628 g/mol. The molecular formula is C30H27F2N5O8S. The zero-order chi connectivity index (χ0) is 33.8. The Morgan fingerprint density at radius 2 is 1.65 bits per heavy atom. The highest BCUT2D eigenvalue weighted by atomic mass is 32.2. The fraction of sp³-hybridized carbons (Fsp3) is 0.200. The molecule has 0 aliphatic carbocycles. The quantitative estimate of drug-likeness (QED) is 0.193. The topological polar surface area (TPSA) is 187 Å². The maximum Gasteiger partial charge on any atom is 0.335 e. The van der Waals surface area contributed by atoms with Crippen LogP contribution >= 0.6 is 0 Å². The first-order valence-corrected chi connectivity index (χ1v) is 15.1. The number of carbonyl (C=O) groups excluding carboxylic acids is 2. The van der Waals surface area contributed by atoms with Crippen LogP contribution in [-0.2, 0) is 28.3 Å². The van der Waals surface area contributed by atoms with Crippen LogP contribution in [0.3, 0.4) is 0 Å². The lowest BCUT2D eigenvalue weighted by Gasteiger charge is -2.16. The summed E-state index contributed by atoms with van der Waals surface area (Å²) in [7, 11) is -2.94. The number of nitrogens with zero attached hydrogens (tertiary/aromatic N) is 3. The van der Waals surface area contributed by atoms with E-state index in [0.717, 1.165) is 16.8 Å². The highest BCUT2D eigenvalue weighted by Gasteiger charge is 2.27. The number of aliphatic carboxylic acids is 1. The fourth-order valence-electron chi connectivity index (χ4n) is 4.37. The summed E-state index contributed by atoms with van der Waals surface area (Å²) >= 11 is 0. The molecule has 0 spiro atoms. The molecule has 1 amide bonds. The summed E-state index contributed by atoms with van der Waals surface area (Å²) in [5, 5.41) is 11.7. The Kier molecular flexibility index (Phi) is 9.90. The third-order valence-electron chi connectivity index (χ3n) is 6.72. The first-order chi connectivity index (χ1) is 21.7. The number of anilines is 1. The van der Waals surface area contributed by atoms with E-state index in [1.54, 1.807) is 6.92 Å². The molecule has 46 heavy (non-hydrogen) atoms. The Morgan fingerprint density at radius 3 is 2.22 bits per heavy atom. The third-order valence-corrected chi connectivity index (χ3v) is 8.09. The molecule has 1 atom stereocenters. The van der Waals surface area contributed by atoms with Crippen LogP contribution in [0.2, 0.25) is 0 Å². The monoisotopic (exact) mass is 655 g/mol. The Bertz CT molecular complexity index is 2020. The van der Waals surface area contributed by atoms with Gasteiger partial charge in [0.25, 0.3) is 21.5 Å². The van der Waals surface area contributed by atoms with Gasteiger partial charge in [-0.15, -0.1) is 0 Å². The Morgan fingerprint density at radius 1 is 1.00 bits per heavy atom. The molecule has 0 radical (unpaired) electrons. The van der Waals surface area contributed by atoms with Gasteiger partial charge in [-0.3, -0.25) is 24.1 Å². The molecule has 0 saturated heterocycles. The van der Waals surface area contributed by atoms with E-state index in [4.69, 9.17) is 0 Å². The Balaban J connectivity index is 1.49. The molecule has 2 aromatic carbocycles. The molecule has 0 saturated carbocycles. The average Bonchev–Trinajstić information content (AvgIpc) is 2.99. The molecule has 2 heterocycles. The molecule has 3 N–H and O–H groups in total. The van der Waals surface area contributed by atoms with Crippen molar-refractivity contribution >= 4 is 33.4 Å². The van der Waals surface area contributed by atoms with Crippen LogP contribution in [0.5, 0.6) is 0 Å². The number of aryl methyl sites for hydroxylation is 1. The normalized spacial score (nSPS) is 11.9. The fourth-order valence-corrected chi connectivity index (χ4v) is 5.36. The zero-order valence-corrected chi connectivity index (χ0v) is 25.2. The van der Waals surface area contributed by atoms with E-state index in [0.29, 0.717) is 24.1 Å². The van der Waals surface area contributed by atoms with Crippen molar-refractivity contribution in [3.63, 3.8) is 0 Å². The highest BCUT2D eigenvalue weighted by molar-refractivity contribution is 7.92. The predicted molar refractivity (Wildman–Crippen MR) is 161 cm³/mol. The Hall–Kier alpha value is -5.51. The second-order valence-electron chi connectivity index (χ2n) is 10.1. The number of hydrogen-bond acceptors (Lipinski definition) is 8. The summed E-state index contributed by atoms with van der Waals surface area (Å²) in [6.07, 6.45) is 2.69. The number of aromatic nitrogens is 3. The lowest BCUT2D eigenvalue weighted by molar-refractivity contribution is -0.139. The largest absolute Gasteiger partial charge is 0.480 e. The molecule has 4 rings (SSSR count). The molecule has 0 aliphatic rings. The Labute approximate surface area is 260 Å². The smallest absolute Gasteiger partial charge is 0.335 e. The van der Waals surface area contributed by atoms with E-state index < -0.39 is 62.1 Å². The number of Topliss-reactive ketones (excluding diaryl/α,β-unsaturated/α-hetero) is 1. The highest BCUT2D eigenvalue weighted by Crippen LogP contribution is 2.22. The SMILES string of the molecule is CCCC(=O)c1ccc(S(=O)(=O)Nc2cc(F)c(C(=O)N[C@@H](Cc3ccc(-n4c(=O)ccn(C)c4=O)cc3)C(=O)O)c(F)c2)cn1. The number of ketones is 1. The number of halogens is 2. The third kappa shape index (κ3) is 7.40. The number of nitrogens with one attached hydrogen (secondary N) is 2. The summed E-state index contributed by atoms with van der Waals surface area (Å²) in [5.41, 5.74) is -2.29. The summed E-state index contributed by atoms with van der Waals surface area (Å²) in [5.74, 6) is -6.17. The van der Waals surface area contributed by atoms with Gasteiger partial charge in [0.05, 0.1) is 11.4 Å². The van der Waals surface area contributed by atoms with Crippen molar-refractivity contribution in [2.24, 2.45) is 7.05 Å². The number of rotatable bonds is 12. The van der Waals surface area contributed by atoms with E-state index in [1.165, 1.54) is 54.2 Å². The van der Waals surface area contributed by atoms with Gasteiger partial charge in [-0.1, -0.05) is 19.1 Å². The molecule has 16 heteroatoms. The number of hydrogen-bond donors (Lipinski definition) is 3. The van der Waals surface area contributed by atoms with Crippen molar-refractivity contribution < 1.29 is 36.7 Å². The van der Waals surface area contributed by atoms with E-state index in [-0.39, 0.29) is 34.9 Å². The molecule has 4 aromatic rings. The second-order valence-corrected chi connectivity index (χ2v) is 11.8. The van der Waals surface area contributed by atoms with Crippen molar-refractivity contribution in [2.75, 3.05) is 4.72 Å². The molecule has 240 valence electrons. The minimum Gasteiger partial charge on any atom is -0.480 e. The van der Waals surface area contributed by atoms with Crippen LogP contribution in [0.25, 0.3) is 5.69 Å². The first kappa shape index (κ1) is 33.4. The maximum atomic E-state index is 14.9. The minimum absolute atomic E-state index is 0.0565. The minimum atomic E-state index is -4.40. The number of carbonyl (C=O) groups is 3. The number of sulfonamides is 1. The second kappa shape index (κ2) is 13.6. The van der Waals surface area contributed by atoms with Gasteiger partial charge in [-0.05, 0) is 48.4 Å². The standard InChI is InChI=1S/C30H27F2N5O8S/c1-3-4-25(38)23-10-9-20(16-33-23)46(44,45)35-18-14-21(31)27(22(32)15-18)28(40)34-24(29(41)42)13-17-5-7-19(8-6-17)37-26(39)11-12-36(2)30(37)43/h5-12,14-16,24,35H,3-4,13H2,1-2H3,(H,34,40)(H,41,42)/t24-/m0/s1. The van der Waals surface area contributed by atoms with Crippen molar-refractivity contribution in [3.05, 3.63) is 116 Å². The van der Waals surface area contributed by atoms with E-state index in [2.05, 4.69) is 10.3 Å². The number of benzene rings is 2. The van der Waals surface area contributed by atoms with Crippen LogP contribution in [-0.4, -0.2) is 51.3 Å². The van der Waals surface area contributed by atoms with Gasteiger partial charge in [0, 0.05) is 38.3 Å². The maximum absolute atomic E-state index is 14.9. The lowest BCUT2D eigenvalue weighted by Crippen LogP contribution is -2.43. The van der Waals surface area contributed by atoms with Crippen molar-refractivity contribution in [1.82, 2.24) is 19.4 Å². The number of amides is 1. The molecule has 0 bridgehead atoms. The van der Waals surface area contributed by atoms with Crippen molar-refractivity contribution in [2.45, 2.75) is 37.1 Å². The predicted octanol–water partition coefficient (Wildman–Crippen LogP) is 2.42. The van der Waals surface area contributed by atoms with Gasteiger partial charge in [0.2, 0.25) is 0 Å². The van der Waals surface area contributed by atoms with Crippen LogP contribution in [0.15, 0.2) is 81.5 Å². The zero-order valence-electron chi connectivity index (χ0n) is 24.4. The summed E-state index contributed by atoms with van der Waals surface area (Å²) in [4.78, 5) is 64.6. The molecule has 13 nitrogen and oxygen atoms in total. The number of carboxylic acids is 1.